The van der Waals surface area contributed by atoms with E-state index in [0.29, 0.717) is 6.42 Å². The molecule has 0 saturated carbocycles. The smallest absolute Gasteiger partial charge is 0.303 e. The number of unbranched alkanes of at least 4 members (excludes halogenated alkanes) is 13. The Balaban J connectivity index is 0. The number of hydrogen-bond donors (Lipinski definition) is 2. The summed E-state index contributed by atoms with van der Waals surface area (Å²) in [5, 5.41) is 11.9. The van der Waals surface area contributed by atoms with Crippen LogP contribution in [-0.4, -0.2) is 24.2 Å². The summed E-state index contributed by atoms with van der Waals surface area (Å²) in [7, 11) is 0. The highest BCUT2D eigenvalue weighted by atomic mass is 16.4. The van der Waals surface area contributed by atoms with E-state index in [1.807, 2.05) is 0 Å². The first-order valence-electron chi connectivity index (χ1n) is 12.8. The molecule has 0 aromatic carbocycles. The molecule has 0 aliphatic heterocycles. The Morgan fingerprint density at radius 2 is 1.03 bits per heavy atom. The third-order valence-electron chi connectivity index (χ3n) is 5.07. The van der Waals surface area contributed by atoms with Crippen molar-refractivity contribution in [3.8, 4) is 0 Å². The lowest BCUT2D eigenvalue weighted by Crippen LogP contribution is -2.15. The second-order valence-electron chi connectivity index (χ2n) is 8.19. The molecular formula is C26H53NO2. The molecule has 29 heavy (non-hydrogen) atoms. The summed E-state index contributed by atoms with van der Waals surface area (Å²) in [6, 6.07) is 0. The van der Waals surface area contributed by atoms with Gasteiger partial charge in [-0.3, -0.25) is 4.79 Å². The van der Waals surface area contributed by atoms with Crippen molar-refractivity contribution in [2.45, 2.75) is 136 Å². The van der Waals surface area contributed by atoms with Crippen molar-refractivity contribution in [2.75, 3.05) is 13.1 Å². The van der Waals surface area contributed by atoms with Crippen LogP contribution >= 0.6 is 0 Å². The first-order chi connectivity index (χ1) is 14.2. The summed E-state index contributed by atoms with van der Waals surface area (Å²) in [5.74, 6) is -0.664. The van der Waals surface area contributed by atoms with Crippen molar-refractivity contribution in [3.05, 3.63) is 12.2 Å². The van der Waals surface area contributed by atoms with Crippen molar-refractivity contribution < 1.29 is 9.90 Å². The first kappa shape index (κ1) is 30.4. The molecule has 0 heterocycles. The predicted octanol–water partition coefficient (Wildman–Crippen LogP) is 8.28. The molecule has 0 atom stereocenters. The number of nitrogens with one attached hydrogen (secondary N) is 1. The maximum atomic E-state index is 10.3. The summed E-state index contributed by atoms with van der Waals surface area (Å²) in [6.07, 6.45) is 26.5. The number of carboxylic acids is 1. The SMILES string of the molecule is CCCCCCCC/C=C/CCCCCCCC(=O)O.CCCCNCCCC. The van der Waals surface area contributed by atoms with Gasteiger partial charge in [-0.2, -0.15) is 0 Å². The average molecular weight is 412 g/mol. The van der Waals surface area contributed by atoms with Crippen LogP contribution in [0.2, 0.25) is 0 Å². The lowest BCUT2D eigenvalue weighted by Gasteiger charge is -1.99. The average Bonchev–Trinajstić information content (AvgIpc) is 2.71. The Hall–Kier alpha value is -0.830. The van der Waals surface area contributed by atoms with Gasteiger partial charge in [-0.1, -0.05) is 97.1 Å². The van der Waals surface area contributed by atoms with Crippen LogP contribution in [0.3, 0.4) is 0 Å². The predicted molar refractivity (Wildman–Crippen MR) is 130 cm³/mol. The fourth-order valence-corrected chi connectivity index (χ4v) is 3.08. The lowest BCUT2D eigenvalue weighted by atomic mass is 10.1. The van der Waals surface area contributed by atoms with Crippen molar-refractivity contribution in [1.82, 2.24) is 5.32 Å². The minimum Gasteiger partial charge on any atom is -0.481 e. The van der Waals surface area contributed by atoms with Crippen molar-refractivity contribution in [1.29, 1.82) is 0 Å². The number of carboxylic acid groups (broad SMARTS) is 1. The largest absolute Gasteiger partial charge is 0.481 e. The molecule has 0 rings (SSSR count). The molecule has 0 aromatic rings. The molecule has 0 fully saturated rings. The topological polar surface area (TPSA) is 49.3 Å². The van der Waals surface area contributed by atoms with Crippen molar-refractivity contribution >= 4 is 5.97 Å². The molecule has 0 aromatic heterocycles. The first-order valence-corrected chi connectivity index (χ1v) is 12.8. The zero-order valence-electron chi connectivity index (χ0n) is 20.2. The Morgan fingerprint density at radius 3 is 1.48 bits per heavy atom. The summed E-state index contributed by atoms with van der Waals surface area (Å²) in [6.45, 7) is 9.12. The fraction of sp³-hybridized carbons (Fsp3) is 0.885. The van der Waals surface area contributed by atoms with Crippen molar-refractivity contribution in [2.24, 2.45) is 0 Å². The van der Waals surface area contributed by atoms with Crippen LogP contribution in [0.5, 0.6) is 0 Å². The molecule has 0 bridgehead atoms. The molecule has 0 aliphatic carbocycles. The van der Waals surface area contributed by atoms with Gasteiger partial charge in [-0.25, -0.2) is 0 Å². The maximum Gasteiger partial charge on any atom is 0.303 e. The third kappa shape index (κ3) is 35.0. The van der Waals surface area contributed by atoms with E-state index in [2.05, 4.69) is 38.2 Å². The molecule has 0 saturated heterocycles. The number of allylic oxidation sites excluding steroid dienone is 2. The van der Waals surface area contributed by atoms with E-state index >= 15 is 0 Å². The highest BCUT2D eigenvalue weighted by Gasteiger charge is 1.95. The Kier molecular flexibility index (Phi) is 30.8. The highest BCUT2D eigenvalue weighted by molar-refractivity contribution is 5.66. The lowest BCUT2D eigenvalue weighted by molar-refractivity contribution is -0.137. The third-order valence-corrected chi connectivity index (χ3v) is 5.07. The van der Waals surface area contributed by atoms with Gasteiger partial charge in [0.25, 0.3) is 0 Å². The Morgan fingerprint density at radius 1 is 0.621 bits per heavy atom. The Labute approximate surface area is 183 Å². The quantitative estimate of drug-likeness (QED) is 0.147. The van der Waals surface area contributed by atoms with E-state index in [1.54, 1.807) is 0 Å². The van der Waals surface area contributed by atoms with Crippen LogP contribution in [0.1, 0.15) is 136 Å². The minimum absolute atomic E-state index is 0.332. The summed E-state index contributed by atoms with van der Waals surface area (Å²) in [5.41, 5.74) is 0. The van der Waals surface area contributed by atoms with Gasteiger partial charge >= 0.3 is 5.97 Å². The number of carbonyl (C=O) groups is 1. The van der Waals surface area contributed by atoms with Crippen LogP contribution in [0.4, 0.5) is 0 Å². The van der Waals surface area contributed by atoms with Gasteiger partial charge in [-0.05, 0) is 58.0 Å². The van der Waals surface area contributed by atoms with E-state index in [9.17, 15) is 4.79 Å². The molecule has 0 aliphatic rings. The van der Waals surface area contributed by atoms with E-state index in [0.717, 1.165) is 12.8 Å². The van der Waals surface area contributed by atoms with E-state index in [4.69, 9.17) is 5.11 Å². The van der Waals surface area contributed by atoms with Crippen LogP contribution < -0.4 is 5.32 Å². The molecule has 3 nitrogen and oxygen atoms in total. The van der Waals surface area contributed by atoms with Gasteiger partial charge in [0, 0.05) is 6.42 Å². The van der Waals surface area contributed by atoms with Gasteiger partial charge in [0.2, 0.25) is 0 Å². The minimum atomic E-state index is -0.664. The second-order valence-corrected chi connectivity index (χ2v) is 8.19. The molecule has 3 heteroatoms. The maximum absolute atomic E-state index is 10.3. The van der Waals surface area contributed by atoms with Crippen molar-refractivity contribution in [3.63, 3.8) is 0 Å². The Bertz CT molecular complexity index is 323. The zero-order chi connectivity index (χ0) is 21.8. The standard InChI is InChI=1S/C18H34O2.C8H19N/c1-2-3-4-5-6-7-8-9-10-11-12-13-14-15-16-17-18(19)20;1-3-5-7-9-8-6-4-2/h9-10H,2-8,11-17H2,1H3,(H,19,20);9H,3-8H2,1-2H3/b10-9+;. The number of hydrogen-bond acceptors (Lipinski definition) is 2. The van der Waals surface area contributed by atoms with Crippen LogP contribution in [0, 0.1) is 0 Å². The van der Waals surface area contributed by atoms with Gasteiger partial charge in [0.05, 0.1) is 0 Å². The van der Waals surface area contributed by atoms with E-state index < -0.39 is 5.97 Å². The summed E-state index contributed by atoms with van der Waals surface area (Å²) in [4.78, 5) is 10.3. The molecule has 0 spiro atoms. The molecule has 2 N–H and O–H groups in total. The highest BCUT2D eigenvalue weighted by Crippen LogP contribution is 2.09. The molecule has 0 radical (unpaired) electrons. The zero-order valence-corrected chi connectivity index (χ0v) is 20.2. The molecule has 174 valence electrons. The van der Waals surface area contributed by atoms with E-state index in [1.165, 1.54) is 109 Å². The molecule has 0 amide bonds. The van der Waals surface area contributed by atoms with Gasteiger partial charge in [0.1, 0.15) is 0 Å². The molecule has 0 unspecified atom stereocenters. The van der Waals surface area contributed by atoms with E-state index in [-0.39, 0.29) is 0 Å². The van der Waals surface area contributed by atoms with Crippen LogP contribution in [0.15, 0.2) is 12.2 Å². The van der Waals surface area contributed by atoms with Gasteiger partial charge in [-0.15, -0.1) is 0 Å². The van der Waals surface area contributed by atoms with Gasteiger partial charge in [0.15, 0.2) is 0 Å². The number of rotatable bonds is 21. The summed E-state index contributed by atoms with van der Waals surface area (Å²) >= 11 is 0. The molecular weight excluding hydrogens is 358 g/mol. The van der Waals surface area contributed by atoms with Crippen LogP contribution in [0.25, 0.3) is 0 Å². The normalized spacial score (nSPS) is 10.9. The second kappa shape index (κ2) is 29.4. The fourth-order valence-electron chi connectivity index (χ4n) is 3.08. The van der Waals surface area contributed by atoms with Crippen LogP contribution in [-0.2, 0) is 4.79 Å². The monoisotopic (exact) mass is 411 g/mol. The number of aliphatic carboxylic acids is 1. The van der Waals surface area contributed by atoms with Gasteiger partial charge < -0.3 is 10.4 Å². The summed E-state index contributed by atoms with van der Waals surface area (Å²) < 4.78 is 0.